The summed E-state index contributed by atoms with van der Waals surface area (Å²) in [4.78, 5) is 30.5. The number of carbonyl (C=O) groups is 1. The molecule has 4 aromatic rings. The molecule has 2 heterocycles. The summed E-state index contributed by atoms with van der Waals surface area (Å²) >= 11 is 18.0. The van der Waals surface area contributed by atoms with Crippen molar-refractivity contribution in [1.82, 2.24) is 9.55 Å². The van der Waals surface area contributed by atoms with E-state index in [1.54, 1.807) is 42.6 Å². The van der Waals surface area contributed by atoms with Crippen LogP contribution in [0.2, 0.25) is 15.1 Å². The molecular formula is C22H14Cl3N3O2. The minimum Gasteiger partial charge on any atom is -0.320 e. The molecule has 30 heavy (non-hydrogen) atoms. The molecule has 0 spiro atoms. The van der Waals surface area contributed by atoms with Crippen molar-refractivity contribution in [2.75, 3.05) is 5.32 Å². The van der Waals surface area contributed by atoms with Crippen molar-refractivity contribution in [3.05, 3.63) is 103 Å². The van der Waals surface area contributed by atoms with Gasteiger partial charge < -0.3 is 5.32 Å². The molecule has 5 nitrogen and oxygen atoms in total. The van der Waals surface area contributed by atoms with Gasteiger partial charge in [-0.25, -0.2) is 4.98 Å². The first kappa shape index (κ1) is 20.4. The number of fused-ring (bicyclic) bond motifs is 1. The average Bonchev–Trinajstić information content (AvgIpc) is 2.73. The first-order valence-electron chi connectivity index (χ1n) is 8.92. The number of nitrogens with one attached hydrogen (secondary N) is 1. The zero-order valence-corrected chi connectivity index (χ0v) is 17.7. The molecule has 1 N–H and O–H groups in total. The maximum Gasteiger partial charge on any atom is 0.265 e. The summed E-state index contributed by atoms with van der Waals surface area (Å²) < 4.78 is 1.47. The number of pyridine rings is 2. The third kappa shape index (κ3) is 4.19. The number of aromatic nitrogens is 2. The first-order chi connectivity index (χ1) is 14.4. The first-order valence-corrected chi connectivity index (χ1v) is 10.0. The van der Waals surface area contributed by atoms with Gasteiger partial charge in [-0.05, 0) is 54.1 Å². The van der Waals surface area contributed by atoms with Crippen LogP contribution in [0.25, 0.3) is 11.0 Å². The average molecular weight is 459 g/mol. The lowest BCUT2D eigenvalue weighted by molar-refractivity contribution is 0.102. The third-order valence-corrected chi connectivity index (χ3v) is 5.33. The maximum absolute atomic E-state index is 13.2. The van der Waals surface area contributed by atoms with Crippen LogP contribution in [0.3, 0.4) is 0 Å². The van der Waals surface area contributed by atoms with Gasteiger partial charge in [-0.3, -0.25) is 14.2 Å². The van der Waals surface area contributed by atoms with Gasteiger partial charge in [0.1, 0.15) is 11.2 Å². The molecule has 1 amide bonds. The fourth-order valence-electron chi connectivity index (χ4n) is 3.07. The lowest BCUT2D eigenvalue weighted by atomic mass is 10.1. The van der Waals surface area contributed by atoms with Crippen molar-refractivity contribution in [2.24, 2.45) is 0 Å². The number of nitrogens with zero attached hydrogens (tertiary/aromatic N) is 2. The molecule has 0 unspecified atom stereocenters. The van der Waals surface area contributed by atoms with E-state index in [1.807, 2.05) is 12.1 Å². The summed E-state index contributed by atoms with van der Waals surface area (Å²) in [5.41, 5.74) is 1.22. The molecule has 0 radical (unpaired) electrons. The number of hydrogen-bond acceptors (Lipinski definition) is 3. The molecule has 4 rings (SSSR count). The normalized spacial score (nSPS) is 10.9. The number of benzene rings is 2. The smallest absolute Gasteiger partial charge is 0.265 e. The Bertz CT molecular complexity index is 1320. The van der Waals surface area contributed by atoms with E-state index in [0.717, 1.165) is 5.56 Å². The minimum atomic E-state index is -0.570. The number of amides is 1. The maximum atomic E-state index is 13.2. The van der Waals surface area contributed by atoms with Crippen LogP contribution < -0.4 is 10.9 Å². The summed E-state index contributed by atoms with van der Waals surface area (Å²) in [5.74, 6) is -0.570. The van der Waals surface area contributed by atoms with Gasteiger partial charge in [0, 0.05) is 21.6 Å². The Morgan fingerprint density at radius 1 is 0.967 bits per heavy atom. The van der Waals surface area contributed by atoms with E-state index < -0.39 is 11.5 Å². The van der Waals surface area contributed by atoms with Gasteiger partial charge in [-0.15, -0.1) is 0 Å². The fraction of sp³-hybridized carbons (Fsp3) is 0.0455. The molecule has 150 valence electrons. The minimum absolute atomic E-state index is 0.0181. The van der Waals surface area contributed by atoms with Gasteiger partial charge in [-0.1, -0.05) is 46.9 Å². The highest BCUT2D eigenvalue weighted by Crippen LogP contribution is 2.26. The van der Waals surface area contributed by atoms with Crippen molar-refractivity contribution >= 4 is 57.4 Å². The van der Waals surface area contributed by atoms with Crippen LogP contribution in [0, 0.1) is 0 Å². The third-order valence-electron chi connectivity index (χ3n) is 4.53. The van der Waals surface area contributed by atoms with Crippen LogP contribution in [0.5, 0.6) is 0 Å². The molecule has 0 aliphatic rings. The lowest BCUT2D eigenvalue weighted by Gasteiger charge is -2.13. The zero-order valence-electron chi connectivity index (χ0n) is 15.4. The topological polar surface area (TPSA) is 64.0 Å². The zero-order chi connectivity index (χ0) is 21.3. The number of carbonyl (C=O) groups excluding carboxylic acids is 1. The molecule has 0 saturated heterocycles. The van der Waals surface area contributed by atoms with Crippen LogP contribution in [0.15, 0.2) is 71.7 Å². The van der Waals surface area contributed by atoms with Gasteiger partial charge in [0.25, 0.3) is 11.5 Å². The SMILES string of the molecule is O=C(Nc1ccc(Cl)cc1Cl)c1cc2cccnc2n(Cc2ccc(Cl)cc2)c1=O. The second-order valence-corrected chi connectivity index (χ2v) is 7.85. The highest BCUT2D eigenvalue weighted by atomic mass is 35.5. The molecular weight excluding hydrogens is 445 g/mol. The second-order valence-electron chi connectivity index (χ2n) is 6.57. The van der Waals surface area contributed by atoms with E-state index in [-0.39, 0.29) is 17.1 Å². The largest absolute Gasteiger partial charge is 0.320 e. The lowest BCUT2D eigenvalue weighted by Crippen LogP contribution is -2.30. The van der Waals surface area contributed by atoms with Gasteiger partial charge in [-0.2, -0.15) is 0 Å². The van der Waals surface area contributed by atoms with Crippen molar-refractivity contribution in [1.29, 1.82) is 0 Å². The molecule has 0 saturated carbocycles. The predicted molar refractivity (Wildman–Crippen MR) is 121 cm³/mol. The second kappa shape index (κ2) is 8.48. The van der Waals surface area contributed by atoms with Crippen LogP contribution >= 0.6 is 34.8 Å². The quantitative estimate of drug-likeness (QED) is 0.429. The molecule has 2 aromatic heterocycles. The Hall–Kier alpha value is -2.86. The highest BCUT2D eigenvalue weighted by Gasteiger charge is 2.18. The Morgan fingerprint density at radius 3 is 2.43 bits per heavy atom. The standard InChI is InChI=1S/C22H14Cl3N3O2/c23-15-5-3-13(4-6-15)12-28-20-14(2-1-9-26-20)10-17(22(28)30)21(29)27-19-8-7-16(24)11-18(19)25/h1-11H,12H2,(H,27,29). The van der Waals surface area contributed by atoms with Crippen LogP contribution in [0.4, 0.5) is 5.69 Å². The van der Waals surface area contributed by atoms with E-state index in [2.05, 4.69) is 10.3 Å². The van der Waals surface area contributed by atoms with Crippen molar-refractivity contribution < 1.29 is 4.79 Å². The van der Waals surface area contributed by atoms with E-state index in [9.17, 15) is 9.59 Å². The fourth-order valence-corrected chi connectivity index (χ4v) is 3.65. The van der Waals surface area contributed by atoms with Gasteiger partial charge in [0.15, 0.2) is 0 Å². The van der Waals surface area contributed by atoms with Gasteiger partial charge in [0.2, 0.25) is 0 Å². The summed E-state index contributed by atoms with van der Waals surface area (Å²) in [6, 6.07) is 16.9. The Kier molecular flexibility index (Phi) is 5.77. The Labute approximate surface area is 186 Å². The van der Waals surface area contributed by atoms with Crippen molar-refractivity contribution in [3.8, 4) is 0 Å². The predicted octanol–water partition coefficient (Wildman–Crippen LogP) is 5.66. The van der Waals surface area contributed by atoms with E-state index in [1.165, 1.54) is 16.7 Å². The summed E-state index contributed by atoms with van der Waals surface area (Å²) in [5, 5.41) is 4.66. The Morgan fingerprint density at radius 2 is 1.70 bits per heavy atom. The van der Waals surface area contributed by atoms with E-state index >= 15 is 0 Å². The summed E-state index contributed by atoms with van der Waals surface area (Å²) in [6.07, 6.45) is 1.60. The molecule has 0 bridgehead atoms. The van der Waals surface area contributed by atoms with Crippen LogP contribution in [-0.4, -0.2) is 15.5 Å². The number of hydrogen-bond donors (Lipinski definition) is 1. The van der Waals surface area contributed by atoms with Gasteiger partial charge in [0.05, 0.1) is 17.3 Å². The number of anilines is 1. The molecule has 0 aliphatic carbocycles. The monoisotopic (exact) mass is 457 g/mol. The highest BCUT2D eigenvalue weighted by molar-refractivity contribution is 6.36. The van der Waals surface area contributed by atoms with E-state index in [4.69, 9.17) is 34.8 Å². The van der Waals surface area contributed by atoms with Crippen LogP contribution in [-0.2, 0) is 6.54 Å². The molecule has 0 fully saturated rings. The Balaban J connectivity index is 1.78. The number of rotatable bonds is 4. The summed E-state index contributed by atoms with van der Waals surface area (Å²) in [6.45, 7) is 0.242. The molecule has 8 heteroatoms. The molecule has 0 aliphatic heterocycles. The van der Waals surface area contributed by atoms with Crippen LogP contribution in [0.1, 0.15) is 15.9 Å². The van der Waals surface area contributed by atoms with Crippen molar-refractivity contribution in [3.63, 3.8) is 0 Å². The number of halogens is 3. The molecule has 0 atom stereocenters. The molecule has 2 aromatic carbocycles. The summed E-state index contributed by atoms with van der Waals surface area (Å²) in [7, 11) is 0. The van der Waals surface area contributed by atoms with Gasteiger partial charge >= 0.3 is 0 Å². The van der Waals surface area contributed by atoms with Crippen molar-refractivity contribution in [2.45, 2.75) is 6.54 Å². The van der Waals surface area contributed by atoms with E-state index in [0.29, 0.717) is 26.8 Å².